The van der Waals surface area contributed by atoms with Crippen LogP contribution in [-0.4, -0.2) is 28.2 Å². The first kappa shape index (κ1) is 23.7. The van der Waals surface area contributed by atoms with Gasteiger partial charge in [-0.05, 0) is 60.5 Å². The van der Waals surface area contributed by atoms with Gasteiger partial charge in [-0.1, -0.05) is 35.3 Å². The molecule has 0 unspecified atom stereocenters. The molecule has 0 aliphatic heterocycles. The van der Waals surface area contributed by atoms with Crippen LogP contribution in [-0.2, 0) is 17.9 Å². The van der Waals surface area contributed by atoms with Crippen LogP contribution in [0.1, 0.15) is 34.5 Å². The molecule has 1 aromatic heterocycles. The van der Waals surface area contributed by atoms with Gasteiger partial charge in [-0.3, -0.25) is 14.6 Å². The lowest BCUT2D eigenvalue weighted by Crippen LogP contribution is -2.31. The fraction of sp³-hybridized carbons (Fsp3) is 0.208. The van der Waals surface area contributed by atoms with Crippen LogP contribution in [0.25, 0.3) is 0 Å². The molecule has 2 aromatic carbocycles. The average molecular weight is 474 g/mol. The number of hydrogen-bond acceptors (Lipinski definition) is 3. The topological polar surface area (TPSA) is 62.3 Å². The van der Waals surface area contributed by atoms with Crippen molar-refractivity contribution in [1.29, 1.82) is 0 Å². The number of aromatic nitrogens is 1. The third-order valence-electron chi connectivity index (χ3n) is 4.75. The van der Waals surface area contributed by atoms with Gasteiger partial charge in [0.25, 0.3) is 5.91 Å². The maximum absolute atomic E-state index is 13.0. The lowest BCUT2D eigenvalue weighted by Gasteiger charge is -2.23. The van der Waals surface area contributed by atoms with E-state index in [0.29, 0.717) is 41.7 Å². The van der Waals surface area contributed by atoms with Crippen molar-refractivity contribution in [3.63, 3.8) is 0 Å². The quantitative estimate of drug-likeness (QED) is 0.430. The van der Waals surface area contributed by atoms with Crippen LogP contribution in [0.15, 0.2) is 66.9 Å². The van der Waals surface area contributed by atoms with Gasteiger partial charge in [0.2, 0.25) is 5.91 Å². The molecule has 0 radical (unpaired) electrons. The van der Waals surface area contributed by atoms with Crippen molar-refractivity contribution in [2.24, 2.45) is 0 Å². The number of pyridine rings is 1. The summed E-state index contributed by atoms with van der Waals surface area (Å²) in [5.74, 6) is -0.779. The highest BCUT2D eigenvalue weighted by Crippen LogP contribution is 2.23. The van der Waals surface area contributed by atoms with E-state index in [1.165, 1.54) is 24.3 Å². The van der Waals surface area contributed by atoms with E-state index in [9.17, 15) is 14.0 Å². The number of carbonyl (C=O) groups excluding carboxylic acids is 2. The maximum atomic E-state index is 13.0. The largest absolute Gasteiger partial charge is 0.352 e. The highest BCUT2D eigenvalue weighted by molar-refractivity contribution is 6.42. The van der Waals surface area contributed by atoms with E-state index in [0.717, 1.165) is 11.3 Å². The molecule has 1 N–H and O–H groups in total. The molecule has 2 amide bonds. The molecular weight excluding hydrogens is 452 g/mol. The highest BCUT2D eigenvalue weighted by Gasteiger charge is 2.16. The summed E-state index contributed by atoms with van der Waals surface area (Å²) < 4.78 is 13.0. The van der Waals surface area contributed by atoms with Gasteiger partial charge in [0.05, 0.1) is 22.3 Å². The monoisotopic (exact) mass is 473 g/mol. The zero-order valence-corrected chi connectivity index (χ0v) is 18.7. The Morgan fingerprint density at radius 1 is 0.969 bits per heavy atom. The Labute approximate surface area is 196 Å². The van der Waals surface area contributed by atoms with Crippen LogP contribution in [0.4, 0.5) is 4.39 Å². The van der Waals surface area contributed by atoms with Gasteiger partial charge in [0.1, 0.15) is 5.82 Å². The molecule has 0 aliphatic carbocycles. The Hall–Kier alpha value is -2.96. The summed E-state index contributed by atoms with van der Waals surface area (Å²) >= 11 is 12.1. The smallest absolute Gasteiger partial charge is 0.251 e. The van der Waals surface area contributed by atoms with Crippen molar-refractivity contribution >= 4 is 35.0 Å². The molecule has 5 nitrogen and oxygen atoms in total. The van der Waals surface area contributed by atoms with E-state index < -0.39 is 5.82 Å². The van der Waals surface area contributed by atoms with Gasteiger partial charge in [-0.15, -0.1) is 0 Å². The number of hydrogen-bond donors (Lipinski definition) is 1. The summed E-state index contributed by atoms with van der Waals surface area (Å²) in [6.07, 6.45) is 2.39. The molecule has 0 atom stereocenters. The first-order valence-corrected chi connectivity index (χ1v) is 10.8. The van der Waals surface area contributed by atoms with Gasteiger partial charge in [0.15, 0.2) is 0 Å². The molecule has 32 heavy (non-hydrogen) atoms. The maximum Gasteiger partial charge on any atom is 0.251 e. The molecule has 0 saturated carbocycles. The van der Waals surface area contributed by atoms with Gasteiger partial charge in [-0.2, -0.15) is 0 Å². The minimum Gasteiger partial charge on any atom is -0.352 e. The lowest BCUT2D eigenvalue weighted by atomic mass is 10.1. The van der Waals surface area contributed by atoms with Crippen molar-refractivity contribution in [2.75, 3.05) is 6.54 Å². The molecule has 3 rings (SSSR count). The van der Waals surface area contributed by atoms with Crippen LogP contribution in [0.5, 0.6) is 0 Å². The molecule has 0 aliphatic rings. The third kappa shape index (κ3) is 7.04. The Kier molecular flexibility index (Phi) is 8.59. The van der Waals surface area contributed by atoms with E-state index in [4.69, 9.17) is 23.2 Å². The van der Waals surface area contributed by atoms with Crippen LogP contribution in [0.3, 0.4) is 0 Å². The van der Waals surface area contributed by atoms with E-state index in [2.05, 4.69) is 10.3 Å². The normalized spacial score (nSPS) is 10.6. The second kappa shape index (κ2) is 11.6. The fourth-order valence-electron chi connectivity index (χ4n) is 3.08. The summed E-state index contributed by atoms with van der Waals surface area (Å²) in [6.45, 7) is 1.03. The molecule has 8 heteroatoms. The number of amides is 2. The SMILES string of the molecule is O=C(NCCCC(=O)N(Cc1ccc(Cl)c(Cl)c1)Cc1ccccn1)c1ccc(F)cc1. The summed E-state index contributed by atoms with van der Waals surface area (Å²) in [4.78, 5) is 31.1. The molecule has 0 bridgehead atoms. The Balaban J connectivity index is 1.58. The van der Waals surface area contributed by atoms with Gasteiger partial charge in [0, 0.05) is 31.3 Å². The molecule has 0 saturated heterocycles. The van der Waals surface area contributed by atoms with Gasteiger partial charge < -0.3 is 10.2 Å². The fourth-order valence-corrected chi connectivity index (χ4v) is 3.40. The summed E-state index contributed by atoms with van der Waals surface area (Å²) in [7, 11) is 0. The van der Waals surface area contributed by atoms with Crippen LogP contribution in [0, 0.1) is 5.82 Å². The van der Waals surface area contributed by atoms with E-state index in [-0.39, 0.29) is 18.2 Å². The molecular formula is C24H22Cl2FN3O2. The van der Waals surface area contributed by atoms with Gasteiger partial charge >= 0.3 is 0 Å². The average Bonchev–Trinajstić information content (AvgIpc) is 2.79. The lowest BCUT2D eigenvalue weighted by molar-refractivity contribution is -0.132. The first-order chi connectivity index (χ1) is 15.4. The van der Waals surface area contributed by atoms with E-state index >= 15 is 0 Å². The van der Waals surface area contributed by atoms with Gasteiger partial charge in [-0.25, -0.2) is 4.39 Å². The minimum atomic E-state index is -0.401. The predicted octanol–water partition coefficient (Wildman–Crippen LogP) is 5.27. The minimum absolute atomic E-state index is 0.0715. The highest BCUT2D eigenvalue weighted by atomic mass is 35.5. The number of halogens is 3. The van der Waals surface area contributed by atoms with E-state index in [1.54, 1.807) is 23.2 Å². The molecule has 1 heterocycles. The summed E-state index contributed by atoms with van der Waals surface area (Å²) in [5, 5.41) is 3.63. The van der Waals surface area contributed by atoms with Crippen LogP contribution in [0.2, 0.25) is 10.0 Å². The predicted molar refractivity (Wildman–Crippen MR) is 123 cm³/mol. The van der Waals surface area contributed by atoms with Crippen molar-refractivity contribution in [3.8, 4) is 0 Å². The Morgan fingerprint density at radius 2 is 1.75 bits per heavy atom. The van der Waals surface area contributed by atoms with E-state index in [1.807, 2.05) is 24.3 Å². The zero-order chi connectivity index (χ0) is 22.9. The molecule has 0 spiro atoms. The second-order valence-corrected chi connectivity index (χ2v) is 8.00. The Bertz CT molecular complexity index is 1060. The van der Waals surface area contributed by atoms with Crippen LogP contribution < -0.4 is 5.32 Å². The zero-order valence-electron chi connectivity index (χ0n) is 17.2. The molecule has 3 aromatic rings. The number of nitrogens with one attached hydrogen (secondary N) is 1. The Morgan fingerprint density at radius 3 is 2.44 bits per heavy atom. The molecule has 0 fully saturated rings. The second-order valence-electron chi connectivity index (χ2n) is 7.19. The summed E-state index contributed by atoms with van der Waals surface area (Å²) in [6, 6.07) is 16.1. The molecule has 166 valence electrons. The van der Waals surface area contributed by atoms with Crippen molar-refractivity contribution in [1.82, 2.24) is 15.2 Å². The first-order valence-electron chi connectivity index (χ1n) is 10.1. The summed E-state index contributed by atoms with van der Waals surface area (Å²) in [5.41, 5.74) is 1.99. The third-order valence-corrected chi connectivity index (χ3v) is 5.49. The number of rotatable bonds is 9. The van der Waals surface area contributed by atoms with Crippen molar-refractivity contribution < 1.29 is 14.0 Å². The number of nitrogens with zero attached hydrogens (tertiary/aromatic N) is 2. The van der Waals surface area contributed by atoms with Crippen molar-refractivity contribution in [3.05, 3.63) is 99.5 Å². The van der Waals surface area contributed by atoms with Crippen molar-refractivity contribution in [2.45, 2.75) is 25.9 Å². The standard InChI is InChI=1S/C24H22Cl2FN3O2/c25-21-11-6-17(14-22(21)26)15-30(16-20-4-1-2-12-28-20)23(31)5-3-13-29-24(32)18-7-9-19(27)10-8-18/h1-2,4,6-12,14H,3,5,13,15-16H2,(H,29,32). The number of carbonyl (C=O) groups is 2. The van der Waals surface area contributed by atoms with Crippen LogP contribution >= 0.6 is 23.2 Å². The number of benzene rings is 2.